The largest absolute Gasteiger partial charge is 0.480 e. The molecule has 0 fully saturated rings. The summed E-state index contributed by atoms with van der Waals surface area (Å²) >= 11 is 0. The summed E-state index contributed by atoms with van der Waals surface area (Å²) in [5.74, 6) is -1.09. The Kier molecular flexibility index (Phi) is 4.50. The van der Waals surface area contributed by atoms with Crippen molar-refractivity contribution in [2.75, 3.05) is 0 Å². The average molecular weight is 193 g/mol. The Morgan fingerprint density at radius 2 is 2.00 bits per heavy atom. The first-order chi connectivity index (χ1) is 5.43. The van der Waals surface area contributed by atoms with Gasteiger partial charge in [0.05, 0.1) is 0 Å². The highest BCUT2D eigenvalue weighted by atomic mass is 32.2. The maximum atomic E-state index is 10.4. The molecule has 12 heavy (non-hydrogen) atoms. The van der Waals surface area contributed by atoms with Crippen molar-refractivity contribution in [2.24, 2.45) is 10.3 Å². The lowest BCUT2D eigenvalue weighted by molar-refractivity contribution is -0.138. The minimum Gasteiger partial charge on any atom is -0.480 e. The van der Waals surface area contributed by atoms with Crippen LogP contribution in [-0.2, 0) is 15.3 Å². The molecule has 0 aliphatic heterocycles. The lowest BCUT2D eigenvalue weighted by atomic mass is 10.1. The smallest absolute Gasteiger partial charge is 0.329 e. The molecule has 0 saturated heterocycles. The van der Waals surface area contributed by atoms with Crippen LogP contribution in [0.2, 0.25) is 0 Å². The lowest BCUT2D eigenvalue weighted by Crippen LogP contribution is -2.19. The van der Waals surface area contributed by atoms with Crippen LogP contribution in [0.5, 0.6) is 0 Å². The first kappa shape index (κ1) is 11.1. The molecule has 0 bridgehead atoms. The van der Waals surface area contributed by atoms with E-state index in [1.807, 2.05) is 0 Å². The molecule has 5 nitrogen and oxygen atoms in total. The van der Waals surface area contributed by atoms with E-state index in [9.17, 15) is 13.2 Å². The Labute approximate surface area is 72.1 Å². The predicted octanol–water partition coefficient (Wildman–Crippen LogP) is 0.548. The van der Waals surface area contributed by atoms with E-state index >= 15 is 0 Å². The molecule has 0 aromatic heterocycles. The Morgan fingerprint density at radius 1 is 1.50 bits per heavy atom. The van der Waals surface area contributed by atoms with Crippen LogP contribution in [0.1, 0.15) is 20.3 Å². The number of carboxylic acid groups (broad SMARTS) is 1. The Hall–Kier alpha value is -0.910. The summed E-state index contributed by atoms with van der Waals surface area (Å²) in [6, 6.07) is -1.14. The Morgan fingerprint density at radius 3 is 2.25 bits per heavy atom. The Balaban J connectivity index is 4.46. The van der Waals surface area contributed by atoms with E-state index in [0.717, 1.165) is 0 Å². The van der Waals surface area contributed by atoms with Gasteiger partial charge in [-0.3, -0.25) is 0 Å². The van der Waals surface area contributed by atoms with Gasteiger partial charge in [0.1, 0.15) is 0 Å². The third kappa shape index (κ3) is 4.84. The summed E-state index contributed by atoms with van der Waals surface area (Å²) in [4.78, 5) is 10.4. The molecule has 0 amide bonds. The zero-order chi connectivity index (χ0) is 9.72. The SMILES string of the molecule is CC(C)C[C@H](N=S(=O)=O)C(=O)O. The quantitative estimate of drug-likeness (QED) is 0.706. The van der Waals surface area contributed by atoms with E-state index in [-0.39, 0.29) is 12.3 Å². The standard InChI is InChI=1S/C6H11NO4S/c1-4(2)3-5(6(8)9)7-12(10)11/h4-5H,3H2,1-2H3,(H,8,9)/t5-/m0/s1. The fourth-order valence-corrected chi connectivity index (χ4v) is 1.12. The van der Waals surface area contributed by atoms with Crippen LogP contribution >= 0.6 is 0 Å². The maximum Gasteiger partial charge on any atom is 0.329 e. The number of carboxylic acids is 1. The summed E-state index contributed by atoms with van der Waals surface area (Å²) < 4.78 is 23.2. The van der Waals surface area contributed by atoms with Crippen LogP contribution < -0.4 is 0 Å². The normalized spacial score (nSPS) is 12.6. The van der Waals surface area contributed by atoms with Crippen molar-refractivity contribution >= 4 is 16.5 Å². The van der Waals surface area contributed by atoms with Gasteiger partial charge in [-0.2, -0.15) is 12.8 Å². The van der Waals surface area contributed by atoms with Gasteiger partial charge in [0.15, 0.2) is 6.04 Å². The van der Waals surface area contributed by atoms with Crippen molar-refractivity contribution in [1.82, 2.24) is 0 Å². The molecule has 0 aliphatic rings. The monoisotopic (exact) mass is 193 g/mol. The zero-order valence-corrected chi connectivity index (χ0v) is 7.71. The molecule has 0 spiro atoms. The minimum atomic E-state index is -2.64. The van der Waals surface area contributed by atoms with Gasteiger partial charge in [-0.15, -0.1) is 0 Å². The molecule has 0 rings (SSSR count). The molecular formula is C6H11NO4S. The summed E-state index contributed by atoms with van der Waals surface area (Å²) in [6.07, 6.45) is 0.239. The highest BCUT2D eigenvalue weighted by molar-refractivity contribution is 7.61. The highest BCUT2D eigenvalue weighted by Crippen LogP contribution is 2.07. The van der Waals surface area contributed by atoms with Crippen LogP contribution in [0.4, 0.5) is 0 Å². The zero-order valence-electron chi connectivity index (χ0n) is 6.89. The van der Waals surface area contributed by atoms with Crippen LogP contribution in [0.25, 0.3) is 0 Å². The molecule has 0 aromatic carbocycles. The van der Waals surface area contributed by atoms with Gasteiger partial charge in [-0.25, -0.2) is 4.79 Å². The van der Waals surface area contributed by atoms with E-state index in [1.165, 1.54) is 0 Å². The van der Waals surface area contributed by atoms with Crippen LogP contribution in [0, 0.1) is 5.92 Å². The number of nitrogens with zero attached hydrogens (tertiary/aromatic N) is 1. The van der Waals surface area contributed by atoms with E-state index in [4.69, 9.17) is 5.11 Å². The summed E-state index contributed by atoms with van der Waals surface area (Å²) in [5.41, 5.74) is 0. The van der Waals surface area contributed by atoms with Crippen molar-refractivity contribution in [2.45, 2.75) is 26.3 Å². The van der Waals surface area contributed by atoms with E-state index < -0.39 is 22.5 Å². The molecule has 0 aromatic rings. The maximum absolute atomic E-state index is 10.4. The minimum absolute atomic E-state index is 0.110. The van der Waals surface area contributed by atoms with Gasteiger partial charge in [0.2, 0.25) is 0 Å². The fraction of sp³-hybridized carbons (Fsp3) is 0.833. The predicted molar refractivity (Wildman–Crippen MR) is 42.2 cm³/mol. The first-order valence-corrected chi connectivity index (χ1v) is 4.49. The van der Waals surface area contributed by atoms with Crippen molar-refractivity contribution in [3.63, 3.8) is 0 Å². The molecule has 1 N–H and O–H groups in total. The molecule has 0 heterocycles. The van der Waals surface area contributed by atoms with Gasteiger partial charge < -0.3 is 5.11 Å². The van der Waals surface area contributed by atoms with Crippen molar-refractivity contribution in [3.8, 4) is 0 Å². The van der Waals surface area contributed by atoms with Gasteiger partial charge >= 0.3 is 16.5 Å². The second-order valence-electron chi connectivity index (χ2n) is 2.81. The molecule has 0 unspecified atom stereocenters. The summed E-state index contributed by atoms with van der Waals surface area (Å²) in [6.45, 7) is 3.61. The van der Waals surface area contributed by atoms with Crippen molar-refractivity contribution < 1.29 is 18.3 Å². The fourth-order valence-electron chi connectivity index (χ4n) is 0.739. The highest BCUT2D eigenvalue weighted by Gasteiger charge is 2.17. The van der Waals surface area contributed by atoms with E-state index in [1.54, 1.807) is 13.8 Å². The van der Waals surface area contributed by atoms with Gasteiger partial charge in [0.25, 0.3) is 0 Å². The molecule has 0 saturated carbocycles. The first-order valence-electron chi connectivity index (χ1n) is 3.46. The van der Waals surface area contributed by atoms with Gasteiger partial charge in [-0.05, 0) is 12.3 Å². The second kappa shape index (κ2) is 4.87. The van der Waals surface area contributed by atoms with E-state index in [2.05, 4.69) is 4.36 Å². The number of rotatable bonds is 4. The molecular weight excluding hydrogens is 182 g/mol. The molecule has 0 aliphatic carbocycles. The van der Waals surface area contributed by atoms with Gasteiger partial charge in [0, 0.05) is 0 Å². The number of carbonyl (C=O) groups is 1. The van der Waals surface area contributed by atoms with Crippen molar-refractivity contribution in [1.29, 1.82) is 0 Å². The average Bonchev–Trinajstić information content (AvgIpc) is 1.83. The van der Waals surface area contributed by atoms with Crippen LogP contribution in [0.3, 0.4) is 0 Å². The van der Waals surface area contributed by atoms with Crippen LogP contribution in [0.15, 0.2) is 4.36 Å². The molecule has 70 valence electrons. The third-order valence-corrected chi connectivity index (χ3v) is 1.62. The third-order valence-electron chi connectivity index (χ3n) is 1.19. The van der Waals surface area contributed by atoms with Crippen molar-refractivity contribution in [3.05, 3.63) is 0 Å². The van der Waals surface area contributed by atoms with E-state index in [0.29, 0.717) is 0 Å². The second-order valence-corrected chi connectivity index (χ2v) is 3.45. The molecule has 0 radical (unpaired) electrons. The summed E-state index contributed by atoms with van der Waals surface area (Å²) in [7, 11) is -2.64. The topological polar surface area (TPSA) is 83.8 Å². The number of hydrogen-bond acceptors (Lipinski definition) is 4. The van der Waals surface area contributed by atoms with Gasteiger partial charge in [-0.1, -0.05) is 13.8 Å². The number of hydrogen-bond donors (Lipinski definition) is 1. The number of aliphatic carboxylic acids is 1. The Bertz CT molecular complexity index is 272. The molecule has 6 heteroatoms. The van der Waals surface area contributed by atoms with Crippen LogP contribution in [-0.4, -0.2) is 25.5 Å². The lowest BCUT2D eigenvalue weighted by Gasteiger charge is -2.06. The summed E-state index contributed by atoms with van der Waals surface area (Å²) in [5, 5.41) is 8.50. The molecule has 1 atom stereocenters.